The smallest absolute Gasteiger partial charge is 0.139 e. The van der Waals surface area contributed by atoms with Crippen molar-refractivity contribution in [3.8, 4) is 5.75 Å². The molecule has 3 heteroatoms. The van der Waals surface area contributed by atoms with E-state index in [9.17, 15) is 0 Å². The Bertz CT molecular complexity index is 326. The molecule has 0 aliphatic heterocycles. The normalized spacial score (nSPS) is 10.5. The molecule has 0 radical (unpaired) electrons. The van der Waals surface area contributed by atoms with Gasteiger partial charge in [0.25, 0.3) is 0 Å². The van der Waals surface area contributed by atoms with E-state index in [-0.39, 0.29) is 0 Å². The molecule has 0 saturated carbocycles. The van der Waals surface area contributed by atoms with Crippen molar-refractivity contribution in [2.24, 2.45) is 0 Å². The highest BCUT2D eigenvalue weighted by Gasteiger charge is 2.01. The lowest BCUT2D eigenvalue weighted by atomic mass is 10.1. The molecule has 0 N–H and O–H groups in total. The number of unbranched alkanes of at least 4 members (excludes halogenated alkanes) is 5. The lowest BCUT2D eigenvalue weighted by Crippen LogP contribution is -1.97. The van der Waals surface area contributed by atoms with E-state index in [1.54, 1.807) is 18.2 Å². The largest absolute Gasteiger partial charge is 0.492 e. The van der Waals surface area contributed by atoms with Gasteiger partial charge in [-0.1, -0.05) is 62.2 Å². The second-order valence-corrected chi connectivity index (χ2v) is 5.03. The lowest BCUT2D eigenvalue weighted by Gasteiger charge is -2.08. The topological polar surface area (TPSA) is 9.23 Å². The zero-order valence-corrected chi connectivity index (χ0v) is 11.9. The van der Waals surface area contributed by atoms with E-state index >= 15 is 0 Å². The summed E-state index contributed by atoms with van der Waals surface area (Å²) in [5.74, 6) is 0.688. The van der Waals surface area contributed by atoms with Crippen LogP contribution >= 0.6 is 23.2 Å². The zero-order chi connectivity index (χ0) is 12.5. The van der Waals surface area contributed by atoms with E-state index in [0.29, 0.717) is 22.4 Å². The van der Waals surface area contributed by atoms with Crippen LogP contribution < -0.4 is 4.74 Å². The van der Waals surface area contributed by atoms with Gasteiger partial charge in [0.15, 0.2) is 0 Å². The summed E-state index contributed by atoms with van der Waals surface area (Å²) in [6.07, 6.45) is 7.54. The van der Waals surface area contributed by atoms with Gasteiger partial charge in [-0.2, -0.15) is 0 Å². The maximum atomic E-state index is 5.99. The second kappa shape index (κ2) is 8.66. The molecule has 0 amide bonds. The molecule has 0 fully saturated rings. The summed E-state index contributed by atoms with van der Waals surface area (Å²) in [6, 6.07) is 5.29. The molecule has 0 saturated heterocycles. The molecule has 0 heterocycles. The lowest BCUT2D eigenvalue weighted by molar-refractivity contribution is 0.304. The molecule has 0 aliphatic rings. The highest BCUT2D eigenvalue weighted by atomic mass is 35.5. The summed E-state index contributed by atoms with van der Waals surface area (Å²) >= 11 is 11.9. The Balaban J connectivity index is 2.15. The molecular weight excluding hydrogens is 255 g/mol. The molecule has 17 heavy (non-hydrogen) atoms. The highest BCUT2D eigenvalue weighted by Crippen LogP contribution is 2.27. The molecule has 0 aliphatic carbocycles. The monoisotopic (exact) mass is 274 g/mol. The minimum Gasteiger partial charge on any atom is -0.492 e. The Kier molecular flexibility index (Phi) is 7.46. The Morgan fingerprint density at radius 3 is 2.47 bits per heavy atom. The van der Waals surface area contributed by atoms with Crippen molar-refractivity contribution < 1.29 is 4.74 Å². The van der Waals surface area contributed by atoms with Gasteiger partial charge in [-0.15, -0.1) is 0 Å². The Labute approximate surface area is 114 Å². The van der Waals surface area contributed by atoms with Gasteiger partial charge in [0.05, 0.1) is 11.6 Å². The van der Waals surface area contributed by atoms with E-state index in [1.807, 2.05) is 0 Å². The SMILES string of the molecule is CCCCCCCCOc1cc(Cl)ccc1Cl. The molecule has 0 atom stereocenters. The molecule has 0 spiro atoms. The number of benzene rings is 1. The van der Waals surface area contributed by atoms with Gasteiger partial charge < -0.3 is 4.74 Å². The third-order valence-electron chi connectivity index (χ3n) is 2.65. The Morgan fingerprint density at radius 1 is 1.00 bits per heavy atom. The zero-order valence-electron chi connectivity index (χ0n) is 10.3. The van der Waals surface area contributed by atoms with Gasteiger partial charge in [0.2, 0.25) is 0 Å². The molecule has 1 aromatic rings. The van der Waals surface area contributed by atoms with Crippen molar-refractivity contribution in [3.05, 3.63) is 28.2 Å². The molecule has 0 aromatic heterocycles. The van der Waals surface area contributed by atoms with Gasteiger partial charge in [0, 0.05) is 11.1 Å². The first kappa shape index (κ1) is 14.7. The van der Waals surface area contributed by atoms with Crippen LogP contribution in [0.1, 0.15) is 45.4 Å². The van der Waals surface area contributed by atoms with Gasteiger partial charge >= 0.3 is 0 Å². The van der Waals surface area contributed by atoms with Crippen LogP contribution in [0, 0.1) is 0 Å². The first-order chi connectivity index (χ1) is 8.24. The van der Waals surface area contributed by atoms with Crippen LogP contribution in [0.15, 0.2) is 18.2 Å². The van der Waals surface area contributed by atoms with Crippen LogP contribution in [0.4, 0.5) is 0 Å². The van der Waals surface area contributed by atoms with Gasteiger partial charge in [-0.3, -0.25) is 0 Å². The van der Waals surface area contributed by atoms with Gasteiger partial charge in [-0.25, -0.2) is 0 Å². The molecule has 1 rings (SSSR count). The summed E-state index contributed by atoms with van der Waals surface area (Å²) in [7, 11) is 0. The number of rotatable bonds is 8. The van der Waals surface area contributed by atoms with Crippen molar-refractivity contribution in [3.63, 3.8) is 0 Å². The first-order valence-corrected chi connectivity index (χ1v) is 7.07. The van der Waals surface area contributed by atoms with Crippen molar-refractivity contribution in [1.82, 2.24) is 0 Å². The number of hydrogen-bond donors (Lipinski definition) is 0. The van der Waals surface area contributed by atoms with Crippen molar-refractivity contribution in [2.45, 2.75) is 45.4 Å². The first-order valence-electron chi connectivity index (χ1n) is 6.32. The van der Waals surface area contributed by atoms with Crippen LogP contribution in [0.3, 0.4) is 0 Å². The minimum atomic E-state index is 0.625. The molecule has 0 unspecified atom stereocenters. The summed E-state index contributed by atoms with van der Waals surface area (Å²) in [4.78, 5) is 0. The fourth-order valence-corrected chi connectivity index (χ4v) is 1.99. The second-order valence-electron chi connectivity index (χ2n) is 4.19. The van der Waals surface area contributed by atoms with Crippen molar-refractivity contribution in [1.29, 1.82) is 0 Å². The Hall–Kier alpha value is -0.400. The standard InChI is InChI=1S/C14H20Cl2O/c1-2-3-4-5-6-7-10-17-14-11-12(15)8-9-13(14)16/h8-9,11H,2-7,10H2,1H3. The molecular formula is C14H20Cl2O. The minimum absolute atomic E-state index is 0.625. The van der Waals surface area contributed by atoms with Crippen LogP contribution in [0.25, 0.3) is 0 Å². The van der Waals surface area contributed by atoms with E-state index in [1.165, 1.54) is 32.1 Å². The van der Waals surface area contributed by atoms with Crippen LogP contribution in [-0.2, 0) is 0 Å². The average Bonchev–Trinajstić information content (AvgIpc) is 2.32. The predicted octanol–water partition coefficient (Wildman–Crippen LogP) is 5.73. The third kappa shape index (κ3) is 6.18. The maximum absolute atomic E-state index is 5.99. The molecule has 1 nitrogen and oxygen atoms in total. The van der Waals surface area contributed by atoms with Gasteiger partial charge in [0.1, 0.15) is 5.75 Å². The fourth-order valence-electron chi connectivity index (χ4n) is 1.65. The summed E-state index contributed by atoms with van der Waals surface area (Å²) in [5.41, 5.74) is 0. The van der Waals surface area contributed by atoms with E-state index in [2.05, 4.69) is 6.92 Å². The summed E-state index contributed by atoms with van der Waals surface area (Å²) in [6.45, 7) is 2.94. The van der Waals surface area contributed by atoms with Crippen molar-refractivity contribution >= 4 is 23.2 Å². The molecule has 0 bridgehead atoms. The molecule has 1 aromatic carbocycles. The quantitative estimate of drug-likeness (QED) is 0.550. The summed E-state index contributed by atoms with van der Waals surface area (Å²) < 4.78 is 5.61. The van der Waals surface area contributed by atoms with E-state index in [0.717, 1.165) is 6.42 Å². The summed E-state index contributed by atoms with van der Waals surface area (Å²) in [5, 5.41) is 1.28. The third-order valence-corrected chi connectivity index (χ3v) is 3.20. The van der Waals surface area contributed by atoms with E-state index < -0.39 is 0 Å². The predicted molar refractivity (Wildman–Crippen MR) is 75.3 cm³/mol. The fraction of sp³-hybridized carbons (Fsp3) is 0.571. The van der Waals surface area contributed by atoms with Crippen LogP contribution in [-0.4, -0.2) is 6.61 Å². The Morgan fingerprint density at radius 2 is 1.71 bits per heavy atom. The van der Waals surface area contributed by atoms with Crippen LogP contribution in [0.5, 0.6) is 5.75 Å². The van der Waals surface area contributed by atoms with Crippen molar-refractivity contribution in [2.75, 3.05) is 6.61 Å². The van der Waals surface area contributed by atoms with E-state index in [4.69, 9.17) is 27.9 Å². The van der Waals surface area contributed by atoms with Gasteiger partial charge in [-0.05, 0) is 18.6 Å². The number of hydrogen-bond acceptors (Lipinski definition) is 1. The van der Waals surface area contributed by atoms with Crippen LogP contribution in [0.2, 0.25) is 10.0 Å². The average molecular weight is 275 g/mol. The number of halogens is 2. The maximum Gasteiger partial charge on any atom is 0.139 e. The highest BCUT2D eigenvalue weighted by molar-refractivity contribution is 6.34. The molecule has 96 valence electrons. The number of ether oxygens (including phenoxy) is 1.